The zero-order valence-electron chi connectivity index (χ0n) is 23.4. The van der Waals surface area contributed by atoms with Crippen LogP contribution < -0.4 is 10.6 Å². The Hall–Kier alpha value is -4.72. The fraction of sp³-hybridized carbons (Fsp3) is 0.194. The molecule has 43 heavy (non-hydrogen) atoms. The van der Waals surface area contributed by atoms with Crippen molar-refractivity contribution < 1.29 is 9.18 Å². The van der Waals surface area contributed by atoms with Crippen LogP contribution in [0.3, 0.4) is 0 Å². The fourth-order valence-electron chi connectivity index (χ4n) is 5.20. The molecule has 0 fully saturated rings. The van der Waals surface area contributed by atoms with Crippen LogP contribution in [0.25, 0.3) is 10.9 Å². The number of carbonyl (C=O) groups is 1. The molecule has 0 spiro atoms. The first kappa shape index (κ1) is 28.4. The van der Waals surface area contributed by atoms with Gasteiger partial charge < -0.3 is 15.5 Å². The lowest BCUT2D eigenvalue weighted by Crippen LogP contribution is -2.21. The highest BCUT2D eigenvalue weighted by Crippen LogP contribution is 2.38. The Balaban J connectivity index is 1.49. The van der Waals surface area contributed by atoms with Crippen molar-refractivity contribution in [3.05, 3.63) is 105 Å². The Bertz CT molecular complexity index is 1950. The number of nitrogens with one attached hydrogen (secondary N) is 2. The Morgan fingerprint density at radius 2 is 1.88 bits per heavy atom. The van der Waals surface area contributed by atoms with E-state index in [0.29, 0.717) is 50.8 Å². The number of hydrogen-bond acceptors (Lipinski definition) is 7. The molecule has 1 unspecified atom stereocenters. The molecule has 1 amide bonds. The lowest BCUT2D eigenvalue weighted by Gasteiger charge is -2.22. The van der Waals surface area contributed by atoms with Gasteiger partial charge in [-0.15, -0.1) is 5.10 Å². The molecular formula is C31H25Cl2FN8O. The number of nitrogens with zero attached hydrogens (tertiary/aromatic N) is 6. The summed E-state index contributed by atoms with van der Waals surface area (Å²) >= 11 is 12.8. The van der Waals surface area contributed by atoms with Crippen LogP contribution in [0.15, 0.2) is 60.9 Å². The van der Waals surface area contributed by atoms with Gasteiger partial charge in [-0.3, -0.25) is 9.78 Å². The van der Waals surface area contributed by atoms with Crippen molar-refractivity contribution in [2.75, 3.05) is 17.7 Å². The molecule has 0 bridgehead atoms. The quantitative estimate of drug-likeness (QED) is 0.198. The van der Waals surface area contributed by atoms with E-state index in [9.17, 15) is 14.4 Å². The van der Waals surface area contributed by atoms with E-state index < -0.39 is 11.9 Å². The van der Waals surface area contributed by atoms with E-state index in [1.807, 2.05) is 44.3 Å². The number of benzene rings is 3. The monoisotopic (exact) mass is 614 g/mol. The van der Waals surface area contributed by atoms with Crippen LogP contribution >= 0.6 is 23.2 Å². The van der Waals surface area contributed by atoms with Crippen LogP contribution in [0.1, 0.15) is 58.7 Å². The highest BCUT2D eigenvalue weighted by Gasteiger charge is 2.32. The third-order valence-corrected chi connectivity index (χ3v) is 7.94. The van der Waals surface area contributed by atoms with Gasteiger partial charge in [0.05, 0.1) is 44.6 Å². The molecule has 0 saturated carbocycles. The van der Waals surface area contributed by atoms with Crippen LogP contribution in [-0.4, -0.2) is 37.8 Å². The van der Waals surface area contributed by atoms with Gasteiger partial charge in [0, 0.05) is 42.6 Å². The number of fused-ring (bicyclic) bond motifs is 2. The predicted octanol–water partition coefficient (Wildman–Crippen LogP) is 7.26. The summed E-state index contributed by atoms with van der Waals surface area (Å²) < 4.78 is 15.6. The lowest BCUT2D eigenvalue weighted by molar-refractivity contribution is 0.0815. The van der Waals surface area contributed by atoms with Gasteiger partial charge in [-0.1, -0.05) is 46.6 Å². The third-order valence-electron chi connectivity index (χ3n) is 7.36. The van der Waals surface area contributed by atoms with Gasteiger partial charge in [0.2, 0.25) is 0 Å². The molecule has 0 saturated heterocycles. The van der Waals surface area contributed by atoms with Crippen molar-refractivity contribution in [2.24, 2.45) is 0 Å². The summed E-state index contributed by atoms with van der Waals surface area (Å²) in [6, 6.07) is 15.2. The van der Waals surface area contributed by atoms with E-state index in [1.54, 1.807) is 22.7 Å². The van der Waals surface area contributed by atoms with Crippen LogP contribution in [0.2, 0.25) is 10.0 Å². The number of aromatic nitrogens is 4. The highest BCUT2D eigenvalue weighted by molar-refractivity contribution is 6.36. The van der Waals surface area contributed by atoms with E-state index in [1.165, 1.54) is 24.4 Å². The molecule has 9 nitrogen and oxygen atoms in total. The molecular weight excluding hydrogens is 590 g/mol. The molecule has 1 aliphatic rings. The van der Waals surface area contributed by atoms with Crippen molar-refractivity contribution in [1.82, 2.24) is 24.9 Å². The summed E-state index contributed by atoms with van der Waals surface area (Å²) in [7, 11) is 1.77. The average Bonchev–Trinajstić information content (AvgIpc) is 3.59. The fourth-order valence-corrected chi connectivity index (χ4v) is 5.65. The van der Waals surface area contributed by atoms with Crippen molar-refractivity contribution in [3.8, 4) is 6.07 Å². The smallest absolute Gasteiger partial charge is 0.254 e. The summed E-state index contributed by atoms with van der Waals surface area (Å²) in [5.74, 6) is -0.628. The number of anilines is 3. The molecule has 2 N–H and O–H groups in total. The number of halogens is 3. The first-order chi connectivity index (χ1) is 20.6. The Kier molecular flexibility index (Phi) is 7.38. The van der Waals surface area contributed by atoms with Crippen molar-refractivity contribution in [1.29, 1.82) is 5.26 Å². The summed E-state index contributed by atoms with van der Waals surface area (Å²) in [4.78, 5) is 19.3. The van der Waals surface area contributed by atoms with Crippen LogP contribution in [-0.2, 0) is 6.54 Å². The molecule has 0 radical (unpaired) electrons. The maximum absolute atomic E-state index is 13.8. The topological polar surface area (TPSA) is 112 Å². The lowest BCUT2D eigenvalue weighted by atomic mass is 9.95. The summed E-state index contributed by atoms with van der Waals surface area (Å²) in [5, 5.41) is 26.2. The maximum atomic E-state index is 13.8. The average molecular weight is 615 g/mol. The van der Waals surface area contributed by atoms with Gasteiger partial charge in [-0.2, -0.15) is 5.26 Å². The van der Waals surface area contributed by atoms with Gasteiger partial charge in [-0.05, 0) is 55.3 Å². The molecule has 3 aromatic carbocycles. The SMILES string of the molecule is CC(C)n1cc(C(Nc2cc(Cl)c3ncc(C#N)c(Nc4ccc(F)c(Cl)c4)c3c2)c2cccc3c2C(=O)N(C)C3)nn1. The molecule has 12 heteroatoms. The molecule has 216 valence electrons. The minimum Gasteiger partial charge on any atom is -0.373 e. The highest BCUT2D eigenvalue weighted by atomic mass is 35.5. The van der Waals surface area contributed by atoms with Gasteiger partial charge in [-0.25, -0.2) is 9.07 Å². The molecule has 1 atom stereocenters. The largest absolute Gasteiger partial charge is 0.373 e. The Labute approximate surface area is 256 Å². The minimum absolute atomic E-state index is 0.0601. The number of carbonyl (C=O) groups excluding carboxylic acids is 1. The number of nitriles is 1. The normalized spacial score (nSPS) is 13.3. The third kappa shape index (κ3) is 5.22. The molecule has 5 aromatic rings. The maximum Gasteiger partial charge on any atom is 0.254 e. The number of pyridine rings is 1. The van der Waals surface area contributed by atoms with E-state index in [4.69, 9.17) is 23.2 Å². The number of hydrogen-bond donors (Lipinski definition) is 2. The summed E-state index contributed by atoms with van der Waals surface area (Å²) in [5.41, 5.74) is 5.14. The van der Waals surface area contributed by atoms with Crippen molar-refractivity contribution >= 4 is 57.1 Å². The first-order valence-corrected chi connectivity index (χ1v) is 14.2. The van der Waals surface area contributed by atoms with Gasteiger partial charge in [0.25, 0.3) is 5.91 Å². The standard InChI is InChI=1S/C31H25Cl2FN8O/c1-16(2)42-15-26(39-40-42)30(21-6-4-5-17-14-41(3)31(43)27(17)21)38-20-9-22-28(37-19-7-8-25(34)23(32)10-19)18(12-35)13-36-29(22)24(33)11-20/h4-11,13,15-16,30,38H,14H2,1-3H3,(H,36,37). The summed E-state index contributed by atoms with van der Waals surface area (Å²) in [6.07, 6.45) is 3.28. The van der Waals surface area contributed by atoms with Crippen LogP contribution in [0, 0.1) is 17.1 Å². The second kappa shape index (κ2) is 11.2. The van der Waals surface area contributed by atoms with Gasteiger partial charge in [0.15, 0.2) is 0 Å². The van der Waals surface area contributed by atoms with E-state index in [0.717, 1.165) is 11.1 Å². The van der Waals surface area contributed by atoms with Crippen molar-refractivity contribution in [2.45, 2.75) is 32.5 Å². The second-order valence-electron chi connectivity index (χ2n) is 10.6. The van der Waals surface area contributed by atoms with Gasteiger partial charge in [0.1, 0.15) is 17.6 Å². The number of amides is 1. The van der Waals surface area contributed by atoms with Crippen LogP contribution in [0.5, 0.6) is 0 Å². The molecule has 1 aliphatic heterocycles. The zero-order valence-corrected chi connectivity index (χ0v) is 24.9. The molecule has 0 aliphatic carbocycles. The Morgan fingerprint density at radius 3 is 2.60 bits per heavy atom. The molecule has 6 rings (SSSR count). The van der Waals surface area contributed by atoms with E-state index in [2.05, 4.69) is 32.0 Å². The second-order valence-corrected chi connectivity index (χ2v) is 11.4. The Morgan fingerprint density at radius 1 is 1.09 bits per heavy atom. The first-order valence-electron chi connectivity index (χ1n) is 13.4. The van der Waals surface area contributed by atoms with E-state index >= 15 is 0 Å². The van der Waals surface area contributed by atoms with E-state index in [-0.39, 0.29) is 22.5 Å². The molecule has 2 aromatic heterocycles. The van der Waals surface area contributed by atoms with Crippen molar-refractivity contribution in [3.63, 3.8) is 0 Å². The predicted molar refractivity (Wildman–Crippen MR) is 164 cm³/mol. The minimum atomic E-state index is -0.564. The zero-order chi connectivity index (χ0) is 30.4. The van der Waals surface area contributed by atoms with Crippen LogP contribution in [0.4, 0.5) is 21.5 Å². The summed E-state index contributed by atoms with van der Waals surface area (Å²) in [6.45, 7) is 4.52. The van der Waals surface area contributed by atoms with Gasteiger partial charge >= 0.3 is 0 Å². The molecule has 3 heterocycles. The number of rotatable bonds is 7.